The van der Waals surface area contributed by atoms with Gasteiger partial charge in [-0.15, -0.1) is 11.3 Å². The number of carbonyl (C=O) groups excluding carboxylic acids is 1. The van der Waals surface area contributed by atoms with E-state index < -0.39 is 6.10 Å². The molecule has 0 bridgehead atoms. The minimum absolute atomic E-state index is 0.0816. The van der Waals surface area contributed by atoms with E-state index in [2.05, 4.69) is 49.3 Å². The second-order valence-corrected chi connectivity index (χ2v) is 9.98. The predicted molar refractivity (Wildman–Crippen MR) is 132 cm³/mol. The highest BCUT2D eigenvalue weighted by molar-refractivity contribution is 7.10. The molecule has 1 amide bonds. The molecule has 3 rings (SSSR count). The van der Waals surface area contributed by atoms with E-state index in [9.17, 15) is 9.90 Å². The van der Waals surface area contributed by atoms with Crippen LogP contribution < -0.4 is 4.74 Å². The number of ether oxygens (including phenoxy) is 1. The Balaban J connectivity index is 1.71. The first-order chi connectivity index (χ1) is 15.4. The van der Waals surface area contributed by atoms with E-state index in [-0.39, 0.29) is 11.9 Å². The van der Waals surface area contributed by atoms with Crippen molar-refractivity contribution in [3.05, 3.63) is 51.7 Å². The van der Waals surface area contributed by atoms with Crippen molar-refractivity contribution in [1.82, 2.24) is 9.80 Å². The van der Waals surface area contributed by atoms with Gasteiger partial charge in [0.1, 0.15) is 12.4 Å². The topological polar surface area (TPSA) is 53.0 Å². The van der Waals surface area contributed by atoms with Crippen molar-refractivity contribution in [2.24, 2.45) is 0 Å². The van der Waals surface area contributed by atoms with Crippen LogP contribution in [0.1, 0.15) is 68.5 Å². The molecule has 2 aromatic rings. The SMILES string of the molecule is CCCN(CC(=O)N1CCc2sccc2[C@H]1COc1ccc(C(C)C)cc1)C[C@@H](O)CC. The van der Waals surface area contributed by atoms with Crippen LogP contribution in [-0.2, 0) is 11.2 Å². The molecule has 2 heterocycles. The summed E-state index contributed by atoms with van der Waals surface area (Å²) in [6.07, 6.45) is 2.15. The van der Waals surface area contributed by atoms with E-state index >= 15 is 0 Å². The summed E-state index contributed by atoms with van der Waals surface area (Å²) in [7, 11) is 0. The van der Waals surface area contributed by atoms with Gasteiger partial charge in [-0.1, -0.05) is 39.8 Å². The highest BCUT2D eigenvalue weighted by Crippen LogP contribution is 2.34. The number of thiophene rings is 1. The van der Waals surface area contributed by atoms with Gasteiger partial charge < -0.3 is 14.7 Å². The lowest BCUT2D eigenvalue weighted by atomic mass is 10.00. The zero-order valence-electron chi connectivity index (χ0n) is 19.9. The van der Waals surface area contributed by atoms with Gasteiger partial charge in [0.25, 0.3) is 0 Å². The summed E-state index contributed by atoms with van der Waals surface area (Å²) in [5, 5.41) is 12.2. The molecule has 176 valence electrons. The third-order valence-electron chi connectivity index (χ3n) is 6.21. The Labute approximate surface area is 197 Å². The molecule has 5 nitrogen and oxygen atoms in total. The van der Waals surface area contributed by atoms with E-state index in [0.717, 1.165) is 25.1 Å². The van der Waals surface area contributed by atoms with Crippen molar-refractivity contribution >= 4 is 17.2 Å². The Kier molecular flexibility index (Phi) is 9.14. The summed E-state index contributed by atoms with van der Waals surface area (Å²) in [6, 6.07) is 10.3. The maximum absolute atomic E-state index is 13.4. The molecule has 1 aromatic heterocycles. The van der Waals surface area contributed by atoms with Crippen LogP contribution in [-0.4, -0.2) is 59.7 Å². The largest absolute Gasteiger partial charge is 0.491 e. The van der Waals surface area contributed by atoms with Gasteiger partial charge in [-0.05, 0) is 66.4 Å². The minimum Gasteiger partial charge on any atom is -0.491 e. The molecule has 0 unspecified atom stereocenters. The average molecular weight is 459 g/mol. The van der Waals surface area contributed by atoms with Gasteiger partial charge in [-0.25, -0.2) is 0 Å². The molecule has 0 aliphatic carbocycles. The number of nitrogens with zero attached hydrogens (tertiary/aromatic N) is 2. The van der Waals surface area contributed by atoms with Gasteiger partial charge in [0, 0.05) is 18.0 Å². The third kappa shape index (κ3) is 6.33. The number of carbonyl (C=O) groups is 1. The van der Waals surface area contributed by atoms with Gasteiger partial charge >= 0.3 is 0 Å². The summed E-state index contributed by atoms with van der Waals surface area (Å²) in [4.78, 5) is 18.8. The quantitative estimate of drug-likeness (QED) is 0.523. The van der Waals surface area contributed by atoms with Gasteiger partial charge in [0.05, 0.1) is 18.7 Å². The third-order valence-corrected chi connectivity index (χ3v) is 7.21. The predicted octanol–water partition coefficient (Wildman–Crippen LogP) is 4.86. The number of hydrogen-bond acceptors (Lipinski definition) is 5. The lowest BCUT2D eigenvalue weighted by Crippen LogP contribution is -2.47. The second kappa shape index (κ2) is 11.8. The molecule has 32 heavy (non-hydrogen) atoms. The highest BCUT2D eigenvalue weighted by Gasteiger charge is 2.33. The number of fused-ring (bicyclic) bond motifs is 1. The molecule has 0 radical (unpaired) electrons. The molecule has 2 atom stereocenters. The summed E-state index contributed by atoms with van der Waals surface area (Å²) >= 11 is 1.77. The molecule has 1 N–H and O–H groups in total. The molecule has 0 saturated carbocycles. The number of aliphatic hydroxyl groups excluding tert-OH is 1. The van der Waals surface area contributed by atoms with Gasteiger partial charge in [-0.2, -0.15) is 0 Å². The Morgan fingerprint density at radius 2 is 2.00 bits per heavy atom. The monoisotopic (exact) mass is 458 g/mol. The summed E-state index contributed by atoms with van der Waals surface area (Å²) in [6.45, 7) is 11.3. The van der Waals surface area contributed by atoms with E-state index in [1.54, 1.807) is 11.3 Å². The number of hydrogen-bond donors (Lipinski definition) is 1. The van der Waals surface area contributed by atoms with E-state index in [4.69, 9.17) is 4.74 Å². The molecule has 1 aliphatic heterocycles. The molecular formula is C26H38N2O3S. The molecule has 0 spiro atoms. The first-order valence-electron chi connectivity index (χ1n) is 11.9. The first-order valence-corrected chi connectivity index (χ1v) is 12.8. The fraction of sp³-hybridized carbons (Fsp3) is 0.577. The standard InChI is InChI=1S/C26H38N2O3S/c1-5-13-27(16-21(29)6-2)17-26(30)28-14-11-25-23(12-15-32-25)24(28)18-31-22-9-7-20(8-10-22)19(3)4/h7-10,12,15,19,21,24,29H,5-6,11,13-14,16-18H2,1-4H3/t21-,24+/m0/s1. The van der Waals surface area contributed by atoms with E-state index in [0.29, 0.717) is 38.6 Å². The maximum Gasteiger partial charge on any atom is 0.237 e. The van der Waals surface area contributed by atoms with Crippen molar-refractivity contribution in [2.45, 2.75) is 65.0 Å². The first kappa shape index (κ1) is 24.7. The van der Waals surface area contributed by atoms with Gasteiger partial charge in [-0.3, -0.25) is 9.69 Å². The molecule has 1 aromatic carbocycles. The van der Waals surface area contributed by atoms with Gasteiger partial charge in [0.2, 0.25) is 5.91 Å². The van der Waals surface area contributed by atoms with Crippen LogP contribution in [0.15, 0.2) is 35.7 Å². The fourth-order valence-corrected chi connectivity index (χ4v) is 5.19. The summed E-state index contributed by atoms with van der Waals surface area (Å²) in [5.74, 6) is 1.44. The van der Waals surface area contributed by atoms with Gasteiger partial charge in [0.15, 0.2) is 0 Å². The lowest BCUT2D eigenvalue weighted by molar-refractivity contribution is -0.136. The average Bonchev–Trinajstić information content (AvgIpc) is 3.26. The molecular weight excluding hydrogens is 420 g/mol. The van der Waals surface area contributed by atoms with Crippen molar-refractivity contribution in [1.29, 1.82) is 0 Å². The molecule has 0 fully saturated rings. The van der Waals surface area contributed by atoms with Crippen LogP contribution in [0.5, 0.6) is 5.75 Å². The summed E-state index contributed by atoms with van der Waals surface area (Å²) < 4.78 is 6.18. The van der Waals surface area contributed by atoms with Crippen LogP contribution in [0, 0.1) is 0 Å². The number of aliphatic hydroxyl groups is 1. The second-order valence-electron chi connectivity index (χ2n) is 8.98. The van der Waals surface area contributed by atoms with Crippen molar-refractivity contribution in [3.8, 4) is 5.75 Å². The van der Waals surface area contributed by atoms with Crippen molar-refractivity contribution in [2.75, 3.05) is 32.8 Å². The van der Waals surface area contributed by atoms with Crippen LogP contribution in [0.3, 0.4) is 0 Å². The molecule has 1 aliphatic rings. The number of benzene rings is 1. The zero-order valence-corrected chi connectivity index (χ0v) is 20.7. The molecule has 6 heteroatoms. The smallest absolute Gasteiger partial charge is 0.237 e. The normalized spacial score (nSPS) is 17.0. The summed E-state index contributed by atoms with van der Waals surface area (Å²) in [5.41, 5.74) is 2.50. The van der Waals surface area contributed by atoms with Crippen LogP contribution in [0.25, 0.3) is 0 Å². The number of rotatable bonds is 11. The lowest BCUT2D eigenvalue weighted by Gasteiger charge is -2.37. The Hall–Kier alpha value is -1.89. The van der Waals surface area contributed by atoms with Crippen molar-refractivity contribution in [3.63, 3.8) is 0 Å². The van der Waals surface area contributed by atoms with Crippen LogP contribution in [0.4, 0.5) is 0 Å². The fourth-order valence-electron chi connectivity index (χ4n) is 4.26. The molecule has 0 saturated heterocycles. The Morgan fingerprint density at radius 1 is 1.25 bits per heavy atom. The Bertz CT molecular complexity index is 849. The van der Waals surface area contributed by atoms with E-state index in [1.165, 1.54) is 16.0 Å². The maximum atomic E-state index is 13.4. The van der Waals surface area contributed by atoms with Crippen molar-refractivity contribution < 1.29 is 14.6 Å². The van der Waals surface area contributed by atoms with Crippen LogP contribution >= 0.6 is 11.3 Å². The highest BCUT2D eigenvalue weighted by atomic mass is 32.1. The van der Waals surface area contributed by atoms with E-state index in [1.807, 2.05) is 24.0 Å². The Morgan fingerprint density at radius 3 is 2.66 bits per heavy atom. The number of amides is 1. The zero-order chi connectivity index (χ0) is 23.1. The van der Waals surface area contributed by atoms with Crippen LogP contribution in [0.2, 0.25) is 0 Å². The minimum atomic E-state index is -0.396.